The Bertz CT molecular complexity index is 461. The maximum absolute atomic E-state index is 9.11. The van der Waals surface area contributed by atoms with Gasteiger partial charge in [0, 0.05) is 11.8 Å². The number of aliphatic hydroxyl groups excluding tert-OH is 1. The molecule has 4 heteroatoms. The zero-order valence-electron chi connectivity index (χ0n) is 10.5. The summed E-state index contributed by atoms with van der Waals surface area (Å²) in [5.41, 5.74) is 0.825. The van der Waals surface area contributed by atoms with Gasteiger partial charge in [0.05, 0.1) is 26.4 Å². The molecule has 2 rings (SSSR count). The number of hydrogen-bond acceptors (Lipinski definition) is 4. The van der Waals surface area contributed by atoms with Gasteiger partial charge in [0.2, 0.25) is 0 Å². The van der Waals surface area contributed by atoms with E-state index in [0.717, 1.165) is 18.4 Å². The Labute approximate surface area is 107 Å². The lowest BCUT2D eigenvalue weighted by molar-refractivity contribution is 0.225. The van der Waals surface area contributed by atoms with E-state index < -0.39 is 0 Å². The molecule has 0 spiro atoms. The second-order valence-electron chi connectivity index (χ2n) is 4.77. The van der Waals surface area contributed by atoms with Crippen LogP contribution in [-0.4, -0.2) is 18.8 Å². The Kier molecular flexibility index (Phi) is 3.73. The fourth-order valence-corrected chi connectivity index (χ4v) is 1.88. The third-order valence-electron chi connectivity index (χ3n) is 3.36. The number of benzene rings is 1. The van der Waals surface area contributed by atoms with Crippen molar-refractivity contribution in [2.24, 2.45) is 5.41 Å². The van der Waals surface area contributed by atoms with Crippen LogP contribution in [0, 0.1) is 16.7 Å². The summed E-state index contributed by atoms with van der Waals surface area (Å²) in [4.78, 5) is 0. The predicted molar refractivity (Wildman–Crippen MR) is 66.3 cm³/mol. The van der Waals surface area contributed by atoms with Crippen LogP contribution in [0.3, 0.4) is 0 Å². The molecule has 18 heavy (non-hydrogen) atoms. The highest BCUT2D eigenvalue weighted by Gasteiger charge is 2.43. The number of hydrogen-bond donors (Lipinski definition) is 1. The Balaban J connectivity index is 2.06. The minimum absolute atomic E-state index is 0.0241. The molecule has 1 aromatic rings. The molecule has 1 aliphatic carbocycles. The van der Waals surface area contributed by atoms with E-state index in [9.17, 15) is 0 Å². The van der Waals surface area contributed by atoms with Crippen molar-refractivity contribution in [2.45, 2.75) is 25.9 Å². The molecule has 1 N–H and O–H groups in total. The van der Waals surface area contributed by atoms with Crippen molar-refractivity contribution in [3.8, 4) is 17.6 Å². The monoisotopic (exact) mass is 247 g/mol. The van der Waals surface area contributed by atoms with Crippen LogP contribution in [0.2, 0.25) is 0 Å². The predicted octanol–water partition coefficient (Wildman–Crippen LogP) is 2.26. The first kappa shape index (κ1) is 12.7. The summed E-state index contributed by atoms with van der Waals surface area (Å²) >= 11 is 0. The third kappa shape index (κ3) is 2.74. The van der Waals surface area contributed by atoms with Crippen LogP contribution in [0.5, 0.6) is 11.5 Å². The van der Waals surface area contributed by atoms with Gasteiger partial charge in [-0.05, 0) is 30.5 Å². The van der Waals surface area contributed by atoms with Gasteiger partial charge in [-0.25, -0.2) is 0 Å². The highest BCUT2D eigenvalue weighted by Crippen LogP contribution is 2.49. The van der Waals surface area contributed by atoms with Gasteiger partial charge in [-0.3, -0.25) is 0 Å². The van der Waals surface area contributed by atoms with Gasteiger partial charge in [0.1, 0.15) is 0 Å². The van der Waals surface area contributed by atoms with Crippen molar-refractivity contribution < 1.29 is 14.6 Å². The van der Waals surface area contributed by atoms with Gasteiger partial charge in [-0.2, -0.15) is 5.26 Å². The average molecular weight is 247 g/mol. The topological polar surface area (TPSA) is 62.5 Å². The number of rotatable bonds is 6. The molecule has 0 amide bonds. The summed E-state index contributed by atoms with van der Waals surface area (Å²) in [6.07, 6.45) is 2.63. The van der Waals surface area contributed by atoms with Crippen LogP contribution in [0.4, 0.5) is 0 Å². The van der Waals surface area contributed by atoms with Crippen LogP contribution >= 0.6 is 0 Å². The largest absolute Gasteiger partial charge is 0.493 e. The molecule has 0 saturated heterocycles. The van der Waals surface area contributed by atoms with E-state index in [4.69, 9.17) is 19.8 Å². The van der Waals surface area contributed by atoms with Crippen LogP contribution in [0.25, 0.3) is 0 Å². The molecule has 0 aliphatic heterocycles. The maximum atomic E-state index is 9.11. The Morgan fingerprint density at radius 3 is 2.72 bits per heavy atom. The fourth-order valence-electron chi connectivity index (χ4n) is 1.88. The lowest BCUT2D eigenvalue weighted by atomic mass is 10.1. The number of ether oxygens (including phenoxy) is 2. The number of aliphatic hydroxyl groups is 1. The fraction of sp³-hybridized carbons (Fsp3) is 0.500. The summed E-state index contributed by atoms with van der Waals surface area (Å²) in [6.45, 7) is 0.509. The molecule has 0 atom stereocenters. The van der Waals surface area contributed by atoms with E-state index in [0.29, 0.717) is 24.5 Å². The molecule has 4 nitrogen and oxygen atoms in total. The first-order chi connectivity index (χ1) is 8.73. The van der Waals surface area contributed by atoms with Crippen molar-refractivity contribution in [3.05, 3.63) is 23.8 Å². The highest BCUT2D eigenvalue weighted by molar-refractivity contribution is 5.42. The van der Waals surface area contributed by atoms with Gasteiger partial charge in [0.15, 0.2) is 11.5 Å². The number of nitriles is 1. The zero-order chi connectivity index (χ0) is 13.0. The standard InChI is InChI=1S/C14H17NO3/c1-17-12-3-2-11(9-16)8-13(12)18-10-14(4-5-14)6-7-15/h2-3,8,16H,4-6,9-10H2,1H3. The van der Waals surface area contributed by atoms with E-state index >= 15 is 0 Å². The van der Waals surface area contributed by atoms with E-state index in [2.05, 4.69) is 6.07 Å². The summed E-state index contributed by atoms with van der Waals surface area (Å²) in [6, 6.07) is 7.57. The normalized spacial score (nSPS) is 15.8. The summed E-state index contributed by atoms with van der Waals surface area (Å²) in [5.74, 6) is 1.29. The minimum Gasteiger partial charge on any atom is -0.493 e. The van der Waals surface area contributed by atoms with E-state index in [1.165, 1.54) is 0 Å². The quantitative estimate of drug-likeness (QED) is 0.837. The molecule has 96 valence electrons. The lowest BCUT2D eigenvalue weighted by Crippen LogP contribution is -2.13. The van der Waals surface area contributed by atoms with Gasteiger partial charge in [-0.1, -0.05) is 6.07 Å². The van der Waals surface area contributed by atoms with E-state index in [1.807, 2.05) is 0 Å². The smallest absolute Gasteiger partial charge is 0.161 e. The van der Waals surface area contributed by atoms with E-state index in [1.54, 1.807) is 25.3 Å². The Morgan fingerprint density at radius 2 is 2.17 bits per heavy atom. The van der Waals surface area contributed by atoms with Crippen molar-refractivity contribution in [1.82, 2.24) is 0 Å². The molecule has 1 fully saturated rings. The summed E-state index contributed by atoms with van der Waals surface area (Å²) in [7, 11) is 1.59. The van der Waals surface area contributed by atoms with Crippen molar-refractivity contribution in [1.29, 1.82) is 5.26 Å². The summed E-state index contributed by atoms with van der Waals surface area (Å²) < 4.78 is 11.0. The molecule has 0 heterocycles. The summed E-state index contributed by atoms with van der Waals surface area (Å²) in [5, 5.41) is 17.9. The second kappa shape index (κ2) is 5.28. The highest BCUT2D eigenvalue weighted by atomic mass is 16.5. The van der Waals surface area contributed by atoms with E-state index in [-0.39, 0.29) is 12.0 Å². The van der Waals surface area contributed by atoms with Crippen LogP contribution < -0.4 is 9.47 Å². The second-order valence-corrected chi connectivity index (χ2v) is 4.77. The van der Waals surface area contributed by atoms with Crippen LogP contribution in [-0.2, 0) is 6.61 Å². The molecule has 1 saturated carbocycles. The van der Waals surface area contributed by atoms with Gasteiger partial charge in [-0.15, -0.1) is 0 Å². The van der Waals surface area contributed by atoms with Gasteiger partial charge < -0.3 is 14.6 Å². The first-order valence-electron chi connectivity index (χ1n) is 6.00. The molecule has 1 aliphatic rings. The van der Waals surface area contributed by atoms with Crippen LogP contribution in [0.15, 0.2) is 18.2 Å². The van der Waals surface area contributed by atoms with Gasteiger partial charge >= 0.3 is 0 Å². The molecule has 0 aromatic heterocycles. The molecule has 1 aromatic carbocycles. The van der Waals surface area contributed by atoms with Crippen molar-refractivity contribution in [2.75, 3.05) is 13.7 Å². The lowest BCUT2D eigenvalue weighted by Gasteiger charge is -2.15. The molecular formula is C14H17NO3. The molecular weight excluding hydrogens is 230 g/mol. The van der Waals surface area contributed by atoms with Crippen molar-refractivity contribution >= 4 is 0 Å². The third-order valence-corrected chi connectivity index (χ3v) is 3.36. The number of methoxy groups -OCH3 is 1. The van der Waals surface area contributed by atoms with Crippen molar-refractivity contribution in [3.63, 3.8) is 0 Å². The molecule has 0 unspecified atom stereocenters. The molecule has 0 radical (unpaired) electrons. The minimum atomic E-state index is -0.0241. The maximum Gasteiger partial charge on any atom is 0.161 e. The SMILES string of the molecule is COc1ccc(CO)cc1OCC1(CC#N)CC1. The zero-order valence-corrected chi connectivity index (χ0v) is 10.5. The van der Waals surface area contributed by atoms with Crippen LogP contribution in [0.1, 0.15) is 24.8 Å². The van der Waals surface area contributed by atoms with Gasteiger partial charge in [0.25, 0.3) is 0 Å². The first-order valence-corrected chi connectivity index (χ1v) is 6.00. The average Bonchev–Trinajstić information content (AvgIpc) is 3.16. The number of nitrogens with zero attached hydrogens (tertiary/aromatic N) is 1. The Morgan fingerprint density at radius 1 is 1.39 bits per heavy atom. The molecule has 0 bridgehead atoms. The Hall–Kier alpha value is -1.73.